The highest BCUT2D eigenvalue weighted by Gasteiger charge is 2.14. The molecule has 28 heavy (non-hydrogen) atoms. The van der Waals surface area contributed by atoms with Gasteiger partial charge < -0.3 is 10.1 Å². The highest BCUT2D eigenvalue weighted by atomic mass is 32.1. The van der Waals surface area contributed by atoms with Crippen LogP contribution < -0.4 is 16.2 Å². The van der Waals surface area contributed by atoms with Gasteiger partial charge in [0.05, 0.1) is 18.1 Å². The number of thiophene rings is 1. The van der Waals surface area contributed by atoms with Crippen molar-refractivity contribution < 1.29 is 19.1 Å². The van der Waals surface area contributed by atoms with E-state index in [1.807, 2.05) is 20.8 Å². The molecule has 2 rings (SSSR count). The molecular weight excluding hydrogens is 384 g/mol. The Balaban J connectivity index is 1.81. The zero-order valence-corrected chi connectivity index (χ0v) is 17.0. The second-order valence-corrected chi connectivity index (χ2v) is 7.48. The summed E-state index contributed by atoms with van der Waals surface area (Å²) in [5, 5.41) is 5.16. The van der Waals surface area contributed by atoms with Gasteiger partial charge in [-0.1, -0.05) is 13.3 Å². The van der Waals surface area contributed by atoms with E-state index >= 15 is 0 Å². The molecule has 0 aliphatic heterocycles. The fourth-order valence-electron chi connectivity index (χ4n) is 2.44. The lowest BCUT2D eigenvalue weighted by atomic mass is 10.2. The average molecular weight is 408 g/mol. The second-order valence-electron chi connectivity index (χ2n) is 6.27. The Morgan fingerprint density at radius 2 is 2.04 bits per heavy atom. The van der Waals surface area contributed by atoms with E-state index in [0.29, 0.717) is 16.8 Å². The van der Waals surface area contributed by atoms with Crippen LogP contribution in [-0.2, 0) is 20.9 Å². The third-order valence-electron chi connectivity index (χ3n) is 4.15. The number of carbonyl (C=O) groups is 3. The molecule has 0 radical (unpaired) electrons. The molecule has 10 heteroatoms. The predicted octanol–water partition coefficient (Wildman–Crippen LogP) is 1.63. The minimum absolute atomic E-state index is 0.0913. The molecule has 0 aliphatic carbocycles. The molecule has 0 atom stereocenters. The second kappa shape index (κ2) is 9.98. The fraction of sp³-hybridized carbons (Fsp3) is 0.500. The summed E-state index contributed by atoms with van der Waals surface area (Å²) in [6.07, 6.45) is 3.04. The van der Waals surface area contributed by atoms with Crippen molar-refractivity contribution in [2.75, 3.05) is 13.2 Å². The Hall–Kier alpha value is -2.75. The van der Waals surface area contributed by atoms with Gasteiger partial charge in [-0.15, -0.1) is 11.3 Å². The van der Waals surface area contributed by atoms with E-state index in [1.54, 1.807) is 0 Å². The van der Waals surface area contributed by atoms with Crippen molar-refractivity contribution >= 4 is 39.5 Å². The van der Waals surface area contributed by atoms with E-state index in [4.69, 9.17) is 4.74 Å². The van der Waals surface area contributed by atoms with E-state index in [-0.39, 0.29) is 18.5 Å². The molecule has 0 bridgehead atoms. The third-order valence-corrected chi connectivity index (χ3v) is 5.26. The molecule has 2 N–H and O–H groups in total. The van der Waals surface area contributed by atoms with Crippen LogP contribution in [0.2, 0.25) is 0 Å². The number of amides is 3. The zero-order chi connectivity index (χ0) is 20.7. The van der Waals surface area contributed by atoms with Crippen LogP contribution in [0.1, 0.15) is 36.6 Å². The summed E-state index contributed by atoms with van der Waals surface area (Å²) >= 11 is 1.45. The van der Waals surface area contributed by atoms with Crippen LogP contribution in [0.5, 0.6) is 0 Å². The number of nitrogens with zero attached hydrogens (tertiary/aromatic N) is 2. The van der Waals surface area contributed by atoms with Gasteiger partial charge in [0, 0.05) is 18.0 Å². The number of ether oxygens (including phenoxy) is 1. The van der Waals surface area contributed by atoms with Crippen LogP contribution in [0.4, 0.5) is 4.79 Å². The maximum atomic E-state index is 12.5. The fourth-order valence-corrected chi connectivity index (χ4v) is 3.43. The van der Waals surface area contributed by atoms with E-state index in [9.17, 15) is 19.2 Å². The zero-order valence-electron chi connectivity index (χ0n) is 16.2. The maximum absolute atomic E-state index is 12.5. The number of hydrogen-bond donors (Lipinski definition) is 2. The first-order valence-corrected chi connectivity index (χ1v) is 9.83. The van der Waals surface area contributed by atoms with Crippen molar-refractivity contribution in [3.8, 4) is 0 Å². The smallest absolute Gasteiger partial charge is 0.321 e. The van der Waals surface area contributed by atoms with Gasteiger partial charge in [-0.2, -0.15) is 0 Å². The van der Waals surface area contributed by atoms with Gasteiger partial charge in [-0.25, -0.2) is 9.78 Å². The first-order valence-electron chi connectivity index (χ1n) is 9.02. The average Bonchev–Trinajstić information content (AvgIpc) is 2.94. The van der Waals surface area contributed by atoms with Crippen molar-refractivity contribution in [2.24, 2.45) is 0 Å². The molecule has 0 saturated carbocycles. The van der Waals surface area contributed by atoms with Gasteiger partial charge in [0.25, 0.3) is 11.5 Å². The van der Waals surface area contributed by atoms with Crippen molar-refractivity contribution in [1.82, 2.24) is 20.2 Å². The number of unbranched alkanes of at least 4 members (excludes halogenated alkanes) is 1. The van der Waals surface area contributed by atoms with Gasteiger partial charge in [0.2, 0.25) is 0 Å². The molecule has 2 aromatic heterocycles. The minimum atomic E-state index is -0.716. The Kier molecular flexibility index (Phi) is 7.68. The SMILES string of the molecule is CCCCNC(=O)NC(=O)COC(=O)CCn1cnc2sc(C)c(C)c2c1=O. The third kappa shape index (κ3) is 5.62. The molecule has 0 unspecified atom stereocenters. The normalized spacial score (nSPS) is 10.7. The molecule has 0 spiro atoms. The van der Waals surface area contributed by atoms with Crippen molar-refractivity contribution in [3.05, 3.63) is 27.1 Å². The van der Waals surface area contributed by atoms with Gasteiger partial charge >= 0.3 is 12.0 Å². The highest BCUT2D eigenvalue weighted by Crippen LogP contribution is 2.25. The summed E-state index contributed by atoms with van der Waals surface area (Å²) in [7, 11) is 0. The molecule has 2 aromatic rings. The van der Waals surface area contributed by atoms with E-state index in [1.165, 1.54) is 22.2 Å². The van der Waals surface area contributed by atoms with E-state index in [2.05, 4.69) is 15.6 Å². The summed E-state index contributed by atoms with van der Waals surface area (Å²) in [6, 6.07) is -0.623. The minimum Gasteiger partial charge on any atom is -0.456 e. The van der Waals surface area contributed by atoms with Gasteiger partial charge in [-0.05, 0) is 25.8 Å². The summed E-state index contributed by atoms with van der Waals surface area (Å²) in [4.78, 5) is 53.4. The van der Waals surface area contributed by atoms with Crippen LogP contribution in [0.15, 0.2) is 11.1 Å². The number of aryl methyl sites for hydroxylation is 3. The highest BCUT2D eigenvalue weighted by molar-refractivity contribution is 7.18. The van der Waals surface area contributed by atoms with Gasteiger partial charge in [0.15, 0.2) is 6.61 Å². The molecule has 152 valence electrons. The van der Waals surface area contributed by atoms with Gasteiger partial charge in [-0.3, -0.25) is 24.3 Å². The monoisotopic (exact) mass is 408 g/mol. The molecule has 0 aliphatic rings. The summed E-state index contributed by atoms with van der Waals surface area (Å²) in [6.45, 7) is 5.77. The Morgan fingerprint density at radius 3 is 2.75 bits per heavy atom. The first-order chi connectivity index (χ1) is 13.3. The van der Waals surface area contributed by atoms with Crippen molar-refractivity contribution in [2.45, 2.75) is 46.6 Å². The summed E-state index contributed by atoms with van der Waals surface area (Å²) in [5.74, 6) is -1.36. The van der Waals surface area contributed by atoms with Crippen LogP contribution >= 0.6 is 11.3 Å². The number of nitrogens with one attached hydrogen (secondary N) is 2. The topological polar surface area (TPSA) is 119 Å². The number of rotatable bonds is 8. The molecule has 0 fully saturated rings. The molecule has 0 aromatic carbocycles. The van der Waals surface area contributed by atoms with Crippen LogP contribution in [0, 0.1) is 13.8 Å². The number of carbonyl (C=O) groups excluding carboxylic acids is 3. The Labute approximate surface area is 166 Å². The molecule has 2 heterocycles. The lowest BCUT2D eigenvalue weighted by Gasteiger charge is -2.08. The van der Waals surface area contributed by atoms with Crippen LogP contribution in [0.25, 0.3) is 10.2 Å². The Bertz CT molecular complexity index is 934. The largest absolute Gasteiger partial charge is 0.456 e. The maximum Gasteiger partial charge on any atom is 0.321 e. The first kappa shape index (κ1) is 21.5. The van der Waals surface area contributed by atoms with Crippen molar-refractivity contribution in [1.29, 1.82) is 0 Å². The van der Waals surface area contributed by atoms with E-state index < -0.39 is 24.5 Å². The summed E-state index contributed by atoms with van der Waals surface area (Å²) in [5.41, 5.74) is 0.685. The molecule has 0 saturated heterocycles. The van der Waals surface area contributed by atoms with Gasteiger partial charge in [0.1, 0.15) is 4.83 Å². The molecule has 3 amide bonds. The van der Waals surface area contributed by atoms with Crippen molar-refractivity contribution in [3.63, 3.8) is 0 Å². The number of esters is 1. The Morgan fingerprint density at radius 1 is 1.29 bits per heavy atom. The molecule has 9 nitrogen and oxygen atoms in total. The summed E-state index contributed by atoms with van der Waals surface area (Å²) < 4.78 is 6.19. The van der Waals surface area contributed by atoms with Crippen LogP contribution in [-0.4, -0.2) is 40.6 Å². The predicted molar refractivity (Wildman–Crippen MR) is 105 cm³/mol. The van der Waals surface area contributed by atoms with E-state index in [0.717, 1.165) is 23.3 Å². The number of hydrogen-bond acceptors (Lipinski definition) is 7. The quantitative estimate of drug-likeness (QED) is 0.506. The lowest BCUT2D eigenvalue weighted by Crippen LogP contribution is -2.41. The lowest BCUT2D eigenvalue weighted by molar-refractivity contribution is -0.148. The number of aromatic nitrogens is 2. The number of urea groups is 1. The number of fused-ring (bicyclic) bond motifs is 1. The molecular formula is C18H24N4O5S. The number of imide groups is 1. The van der Waals surface area contributed by atoms with Crippen LogP contribution in [0.3, 0.4) is 0 Å². The standard InChI is InChI=1S/C18H24N4O5S/c1-4-5-7-19-18(26)21-13(23)9-27-14(24)6-8-22-10-20-16-15(17(22)25)11(2)12(3)28-16/h10H,4-9H2,1-3H3,(H2,19,21,23,26).